The third-order valence-electron chi connectivity index (χ3n) is 3.50. The van der Waals surface area contributed by atoms with Crippen molar-refractivity contribution >= 4 is 48.5 Å². The summed E-state index contributed by atoms with van der Waals surface area (Å²) in [6.07, 6.45) is 0. The third kappa shape index (κ3) is 2.79. The van der Waals surface area contributed by atoms with Crippen LogP contribution in [0.5, 0.6) is 5.75 Å². The van der Waals surface area contributed by atoms with Crippen LogP contribution in [0.15, 0.2) is 39.3 Å². The van der Waals surface area contributed by atoms with Gasteiger partial charge in [-0.05, 0) is 63.0 Å². The number of aryl methyl sites for hydroxylation is 1. The third-order valence-corrected chi connectivity index (χ3v) is 4.70. The number of fused-ring (bicyclic) bond motifs is 1. The maximum Gasteiger partial charge on any atom is 0.211 e. The molecule has 0 unspecified atom stereocenters. The van der Waals surface area contributed by atoms with Crippen LogP contribution >= 0.6 is 31.9 Å². The van der Waals surface area contributed by atoms with Gasteiger partial charge in [-0.25, -0.2) is 4.39 Å². The Morgan fingerprint density at radius 1 is 1.26 bits per heavy atom. The second-order valence-electron chi connectivity index (χ2n) is 4.94. The molecule has 0 saturated carbocycles. The second-order valence-corrected chi connectivity index (χ2v) is 6.65. The van der Waals surface area contributed by atoms with E-state index >= 15 is 0 Å². The number of rotatable bonds is 3. The lowest BCUT2D eigenvalue weighted by Crippen LogP contribution is -2.11. The van der Waals surface area contributed by atoms with Crippen LogP contribution < -0.4 is 0 Å². The van der Waals surface area contributed by atoms with Crippen molar-refractivity contribution in [1.82, 2.24) is 9.78 Å². The second kappa shape index (κ2) is 6.05. The Morgan fingerprint density at radius 3 is 2.52 bits per heavy atom. The maximum atomic E-state index is 13.4. The first kappa shape index (κ1) is 16.1. The van der Waals surface area contributed by atoms with E-state index in [0.29, 0.717) is 37.7 Å². The Kier molecular flexibility index (Phi) is 4.25. The average molecular weight is 442 g/mol. The first-order valence-corrected chi connectivity index (χ1v) is 8.39. The van der Waals surface area contributed by atoms with E-state index in [1.54, 1.807) is 22.9 Å². The molecule has 1 heterocycles. The Hall–Kier alpha value is -1.73. The van der Waals surface area contributed by atoms with Crippen molar-refractivity contribution in [2.75, 3.05) is 0 Å². The molecule has 7 heteroatoms. The quantitative estimate of drug-likeness (QED) is 0.601. The van der Waals surface area contributed by atoms with Gasteiger partial charge >= 0.3 is 0 Å². The van der Waals surface area contributed by atoms with E-state index in [1.807, 2.05) is 6.92 Å². The van der Waals surface area contributed by atoms with Crippen molar-refractivity contribution in [2.45, 2.75) is 13.5 Å². The monoisotopic (exact) mass is 440 g/mol. The highest BCUT2D eigenvalue weighted by Gasteiger charge is 2.21. The number of phenols is 1. The molecule has 0 aliphatic carbocycles. The number of benzene rings is 2. The highest BCUT2D eigenvalue weighted by atomic mass is 79.9. The number of carbonyl (C=O) groups is 1. The molecule has 118 valence electrons. The van der Waals surface area contributed by atoms with Gasteiger partial charge in [-0.3, -0.25) is 9.48 Å². The van der Waals surface area contributed by atoms with Crippen LogP contribution in [0.3, 0.4) is 0 Å². The van der Waals surface area contributed by atoms with Crippen molar-refractivity contribution in [3.8, 4) is 5.75 Å². The number of phenolic OH excluding ortho intramolecular Hbond substituents is 1. The largest absolute Gasteiger partial charge is 0.506 e. The summed E-state index contributed by atoms with van der Waals surface area (Å²) in [4.78, 5) is 12.9. The molecule has 0 saturated heterocycles. The van der Waals surface area contributed by atoms with Crippen molar-refractivity contribution in [1.29, 1.82) is 0 Å². The molecule has 23 heavy (non-hydrogen) atoms. The van der Waals surface area contributed by atoms with Crippen molar-refractivity contribution in [3.05, 3.63) is 56.4 Å². The molecule has 0 aliphatic heterocycles. The van der Waals surface area contributed by atoms with Gasteiger partial charge in [0.1, 0.15) is 17.3 Å². The molecular weight excluding hydrogens is 431 g/mol. The first-order valence-electron chi connectivity index (χ1n) is 6.81. The molecule has 2 aromatic carbocycles. The Bertz CT molecular complexity index is 914. The van der Waals surface area contributed by atoms with Gasteiger partial charge in [-0.1, -0.05) is 0 Å². The number of aromatic nitrogens is 2. The number of aromatic hydroxyl groups is 1. The summed E-state index contributed by atoms with van der Waals surface area (Å²) in [5.41, 5.74) is 1.22. The number of hydrogen-bond donors (Lipinski definition) is 1. The van der Waals surface area contributed by atoms with Crippen molar-refractivity contribution in [3.63, 3.8) is 0 Å². The van der Waals surface area contributed by atoms with Gasteiger partial charge in [0.2, 0.25) is 5.78 Å². The van der Waals surface area contributed by atoms with Gasteiger partial charge in [-0.15, -0.1) is 0 Å². The average Bonchev–Trinajstić information content (AvgIpc) is 2.88. The van der Waals surface area contributed by atoms with Gasteiger partial charge in [-0.2, -0.15) is 5.10 Å². The van der Waals surface area contributed by atoms with Crippen LogP contribution in [-0.4, -0.2) is 20.7 Å². The van der Waals surface area contributed by atoms with Crippen molar-refractivity contribution < 1.29 is 14.3 Å². The molecule has 3 rings (SSSR count). The molecule has 0 spiro atoms. The fourth-order valence-corrected chi connectivity index (χ4v) is 3.59. The van der Waals surface area contributed by atoms with E-state index in [1.165, 1.54) is 12.1 Å². The maximum absolute atomic E-state index is 13.4. The molecule has 3 aromatic rings. The van der Waals surface area contributed by atoms with Crippen LogP contribution in [0.4, 0.5) is 4.39 Å². The van der Waals surface area contributed by atoms with Crippen LogP contribution in [0, 0.1) is 5.82 Å². The zero-order valence-corrected chi connectivity index (χ0v) is 15.1. The number of hydrogen-bond acceptors (Lipinski definition) is 3. The van der Waals surface area contributed by atoms with E-state index in [0.717, 1.165) is 0 Å². The SMILES string of the molecule is CCn1nc2cc(F)ccc2c1C(=O)c1cc(Br)c(O)c(Br)c1. The first-order chi connectivity index (χ1) is 10.9. The molecule has 1 aromatic heterocycles. The normalized spacial score (nSPS) is 11.1. The molecule has 0 radical (unpaired) electrons. The number of halogens is 3. The number of ketones is 1. The predicted molar refractivity (Wildman–Crippen MR) is 92.3 cm³/mol. The molecule has 0 amide bonds. The van der Waals surface area contributed by atoms with Gasteiger partial charge < -0.3 is 5.11 Å². The number of carbonyl (C=O) groups excluding carboxylic acids is 1. The molecule has 0 bridgehead atoms. The minimum absolute atomic E-state index is 0.0254. The summed E-state index contributed by atoms with van der Waals surface area (Å²) in [5.74, 6) is -0.618. The molecule has 0 atom stereocenters. The topological polar surface area (TPSA) is 55.1 Å². The zero-order chi connectivity index (χ0) is 16.7. The lowest BCUT2D eigenvalue weighted by atomic mass is 10.0. The minimum Gasteiger partial charge on any atom is -0.506 e. The molecule has 4 nitrogen and oxygen atoms in total. The Morgan fingerprint density at radius 2 is 1.91 bits per heavy atom. The summed E-state index contributed by atoms with van der Waals surface area (Å²) in [5, 5.41) is 14.7. The van der Waals surface area contributed by atoms with Crippen molar-refractivity contribution in [2.24, 2.45) is 0 Å². The summed E-state index contributed by atoms with van der Waals surface area (Å²) in [6.45, 7) is 2.35. The van der Waals surface area contributed by atoms with Gasteiger partial charge in [0, 0.05) is 23.6 Å². The van der Waals surface area contributed by atoms with E-state index < -0.39 is 5.82 Å². The summed E-state index contributed by atoms with van der Waals surface area (Å²) < 4.78 is 15.8. The fourth-order valence-electron chi connectivity index (χ4n) is 2.41. The highest BCUT2D eigenvalue weighted by molar-refractivity contribution is 9.11. The molecular formula is C16H11Br2FN2O2. The predicted octanol–water partition coefficient (Wildman–Crippen LogP) is 4.66. The van der Waals surface area contributed by atoms with Gasteiger partial charge in [0.25, 0.3) is 0 Å². The zero-order valence-electron chi connectivity index (χ0n) is 12.0. The lowest BCUT2D eigenvalue weighted by Gasteiger charge is -2.07. The van der Waals surface area contributed by atoms with Crippen LogP contribution in [0.1, 0.15) is 23.0 Å². The fraction of sp³-hybridized carbons (Fsp3) is 0.125. The van der Waals surface area contributed by atoms with E-state index in [9.17, 15) is 14.3 Å². The standard InChI is InChI=1S/C16H11Br2FN2O2/c1-2-21-14(10-4-3-9(19)7-13(10)20-21)15(22)8-5-11(17)16(23)12(18)6-8/h3-7,23H,2H2,1H3. The summed E-state index contributed by atoms with van der Waals surface area (Å²) in [7, 11) is 0. The van der Waals surface area contributed by atoms with Crippen LogP contribution in [-0.2, 0) is 6.54 Å². The minimum atomic E-state index is -0.396. The molecule has 0 fully saturated rings. The lowest BCUT2D eigenvalue weighted by molar-refractivity contribution is 0.103. The van der Waals surface area contributed by atoms with Crippen LogP contribution in [0.25, 0.3) is 10.9 Å². The Balaban J connectivity index is 2.21. The van der Waals surface area contributed by atoms with Gasteiger partial charge in [0.15, 0.2) is 0 Å². The number of nitrogens with zero attached hydrogens (tertiary/aromatic N) is 2. The molecule has 1 N–H and O–H groups in total. The smallest absolute Gasteiger partial charge is 0.211 e. The van der Waals surface area contributed by atoms with Gasteiger partial charge in [0.05, 0.1) is 14.5 Å². The summed E-state index contributed by atoms with van der Waals surface area (Å²) in [6, 6.07) is 7.27. The highest BCUT2D eigenvalue weighted by Crippen LogP contribution is 2.34. The summed E-state index contributed by atoms with van der Waals surface area (Å²) >= 11 is 6.44. The van der Waals surface area contributed by atoms with E-state index in [-0.39, 0.29) is 11.5 Å². The molecule has 0 aliphatic rings. The van der Waals surface area contributed by atoms with E-state index in [4.69, 9.17) is 0 Å². The van der Waals surface area contributed by atoms with Crippen LogP contribution in [0.2, 0.25) is 0 Å². The van der Waals surface area contributed by atoms with E-state index in [2.05, 4.69) is 37.0 Å². The Labute approximate surface area is 148 Å².